The standard InChI is InChI=1S/C19H30F2N4O2/c1-15(13-25-8-10-26-11-9-25)12-23-19(22-2)24(3)14-16-4-6-17(7-5-16)27-18(20)21/h4-7,15,18H,8-14H2,1-3H3,(H,22,23). The highest BCUT2D eigenvalue weighted by Crippen LogP contribution is 2.15. The maximum atomic E-state index is 12.2. The van der Waals surface area contributed by atoms with Gasteiger partial charge in [0.1, 0.15) is 5.75 Å². The molecule has 1 aliphatic rings. The maximum absolute atomic E-state index is 12.2. The molecule has 1 aromatic rings. The number of hydrogen-bond donors (Lipinski definition) is 1. The van der Waals surface area contributed by atoms with Gasteiger partial charge in [-0.2, -0.15) is 8.78 Å². The number of nitrogens with one attached hydrogen (secondary N) is 1. The van der Waals surface area contributed by atoms with E-state index in [-0.39, 0.29) is 5.75 Å². The Morgan fingerprint density at radius 3 is 2.56 bits per heavy atom. The van der Waals surface area contributed by atoms with Gasteiger partial charge in [0.05, 0.1) is 13.2 Å². The highest BCUT2D eigenvalue weighted by Gasteiger charge is 2.15. The molecule has 0 aliphatic carbocycles. The minimum atomic E-state index is -2.80. The quantitative estimate of drug-likeness (QED) is 0.550. The van der Waals surface area contributed by atoms with Gasteiger partial charge >= 0.3 is 6.61 Å². The van der Waals surface area contributed by atoms with E-state index < -0.39 is 6.61 Å². The van der Waals surface area contributed by atoms with Crippen molar-refractivity contribution in [2.75, 3.05) is 53.5 Å². The summed E-state index contributed by atoms with van der Waals surface area (Å²) in [6.45, 7) is 5.50. The van der Waals surface area contributed by atoms with E-state index in [0.717, 1.165) is 50.9 Å². The SMILES string of the molecule is CN=C(NCC(C)CN1CCOCC1)N(C)Cc1ccc(OC(F)F)cc1. The molecule has 1 atom stereocenters. The summed E-state index contributed by atoms with van der Waals surface area (Å²) < 4.78 is 34.2. The van der Waals surface area contributed by atoms with Gasteiger partial charge in [0.2, 0.25) is 0 Å². The van der Waals surface area contributed by atoms with Crippen LogP contribution < -0.4 is 10.1 Å². The van der Waals surface area contributed by atoms with E-state index in [9.17, 15) is 8.78 Å². The number of ether oxygens (including phenoxy) is 2. The number of morpholine rings is 1. The highest BCUT2D eigenvalue weighted by atomic mass is 19.3. The van der Waals surface area contributed by atoms with Gasteiger partial charge in [-0.15, -0.1) is 0 Å². The molecule has 1 aromatic carbocycles. The number of nitrogens with zero attached hydrogens (tertiary/aromatic N) is 3. The summed E-state index contributed by atoms with van der Waals surface area (Å²) in [6.07, 6.45) is 0. The molecule has 8 heteroatoms. The third kappa shape index (κ3) is 7.68. The van der Waals surface area contributed by atoms with Crippen molar-refractivity contribution in [1.82, 2.24) is 15.1 Å². The summed E-state index contributed by atoms with van der Waals surface area (Å²) in [5.74, 6) is 1.45. The Labute approximate surface area is 160 Å². The fourth-order valence-corrected chi connectivity index (χ4v) is 3.06. The Morgan fingerprint density at radius 1 is 1.30 bits per heavy atom. The van der Waals surface area contributed by atoms with Crippen LogP contribution in [-0.4, -0.2) is 75.9 Å². The number of aliphatic imine (C=N–C) groups is 1. The van der Waals surface area contributed by atoms with E-state index in [4.69, 9.17) is 4.74 Å². The fourth-order valence-electron chi connectivity index (χ4n) is 3.06. The molecule has 1 saturated heterocycles. The Bertz CT molecular complexity index is 578. The van der Waals surface area contributed by atoms with E-state index >= 15 is 0 Å². The van der Waals surface area contributed by atoms with Crippen molar-refractivity contribution in [2.45, 2.75) is 20.1 Å². The van der Waals surface area contributed by atoms with Crippen molar-refractivity contribution < 1.29 is 18.3 Å². The summed E-state index contributed by atoms with van der Waals surface area (Å²) in [6, 6.07) is 6.66. The fraction of sp³-hybridized carbons (Fsp3) is 0.632. The molecule has 1 fully saturated rings. The molecule has 1 heterocycles. The molecule has 0 aromatic heterocycles. The molecular formula is C19H30F2N4O2. The second-order valence-corrected chi connectivity index (χ2v) is 6.82. The smallest absolute Gasteiger partial charge is 0.387 e. The molecule has 27 heavy (non-hydrogen) atoms. The molecule has 0 bridgehead atoms. The number of alkyl halides is 2. The lowest BCUT2D eigenvalue weighted by Crippen LogP contribution is -2.44. The van der Waals surface area contributed by atoms with Crippen LogP contribution in [0.25, 0.3) is 0 Å². The Morgan fingerprint density at radius 2 is 1.96 bits per heavy atom. The minimum absolute atomic E-state index is 0.163. The van der Waals surface area contributed by atoms with Crippen LogP contribution in [0.5, 0.6) is 5.75 Å². The predicted octanol–water partition coefficient (Wildman–Crippen LogP) is 2.26. The Hall–Kier alpha value is -1.93. The van der Waals surface area contributed by atoms with Gasteiger partial charge in [0.15, 0.2) is 5.96 Å². The Kier molecular flexibility index (Phi) is 8.74. The van der Waals surface area contributed by atoms with Crippen LogP contribution in [0.2, 0.25) is 0 Å². The van der Waals surface area contributed by atoms with Crippen molar-refractivity contribution in [1.29, 1.82) is 0 Å². The first kappa shape index (κ1) is 21.4. The Balaban J connectivity index is 1.78. The second kappa shape index (κ2) is 11.0. The van der Waals surface area contributed by atoms with Gasteiger partial charge in [-0.3, -0.25) is 9.89 Å². The lowest BCUT2D eigenvalue weighted by molar-refractivity contribution is -0.0498. The van der Waals surface area contributed by atoms with E-state index in [0.29, 0.717) is 12.5 Å². The van der Waals surface area contributed by atoms with Crippen LogP contribution in [0.15, 0.2) is 29.3 Å². The number of halogens is 2. The monoisotopic (exact) mass is 384 g/mol. The number of hydrogen-bond acceptors (Lipinski definition) is 4. The second-order valence-electron chi connectivity index (χ2n) is 6.82. The summed E-state index contributed by atoms with van der Waals surface area (Å²) in [4.78, 5) is 8.76. The highest BCUT2D eigenvalue weighted by molar-refractivity contribution is 5.79. The zero-order chi connectivity index (χ0) is 19.6. The van der Waals surface area contributed by atoms with E-state index in [1.807, 2.05) is 11.9 Å². The number of rotatable bonds is 8. The van der Waals surface area contributed by atoms with Crippen molar-refractivity contribution in [3.8, 4) is 5.75 Å². The molecule has 0 radical (unpaired) electrons. The minimum Gasteiger partial charge on any atom is -0.435 e. The molecule has 152 valence electrons. The lowest BCUT2D eigenvalue weighted by Gasteiger charge is -2.30. The maximum Gasteiger partial charge on any atom is 0.387 e. The zero-order valence-electron chi connectivity index (χ0n) is 16.3. The first-order valence-electron chi connectivity index (χ1n) is 9.23. The van der Waals surface area contributed by atoms with Gasteiger partial charge < -0.3 is 19.7 Å². The van der Waals surface area contributed by atoms with Crippen molar-refractivity contribution in [3.63, 3.8) is 0 Å². The first-order chi connectivity index (χ1) is 13.0. The van der Waals surface area contributed by atoms with Gasteiger partial charge in [0.25, 0.3) is 0 Å². The van der Waals surface area contributed by atoms with Crippen LogP contribution in [0.4, 0.5) is 8.78 Å². The summed E-state index contributed by atoms with van der Waals surface area (Å²) in [7, 11) is 3.70. The lowest BCUT2D eigenvalue weighted by atomic mass is 10.1. The van der Waals surface area contributed by atoms with E-state index in [2.05, 4.69) is 26.9 Å². The van der Waals surface area contributed by atoms with Crippen molar-refractivity contribution in [3.05, 3.63) is 29.8 Å². The molecule has 0 saturated carbocycles. The number of benzene rings is 1. The topological polar surface area (TPSA) is 49.3 Å². The van der Waals surface area contributed by atoms with Crippen LogP contribution in [0.1, 0.15) is 12.5 Å². The summed E-state index contributed by atoms with van der Waals surface area (Å²) in [5.41, 5.74) is 0.989. The van der Waals surface area contributed by atoms with Crippen LogP contribution in [0.3, 0.4) is 0 Å². The third-order valence-corrected chi connectivity index (χ3v) is 4.42. The molecular weight excluding hydrogens is 354 g/mol. The molecule has 1 unspecified atom stereocenters. The predicted molar refractivity (Wildman–Crippen MR) is 102 cm³/mol. The molecule has 0 amide bonds. The van der Waals surface area contributed by atoms with Gasteiger partial charge in [-0.25, -0.2) is 0 Å². The van der Waals surface area contributed by atoms with Crippen LogP contribution in [0, 0.1) is 5.92 Å². The number of guanidine groups is 1. The van der Waals surface area contributed by atoms with Gasteiger partial charge in [-0.05, 0) is 23.6 Å². The van der Waals surface area contributed by atoms with Gasteiger partial charge in [-0.1, -0.05) is 19.1 Å². The van der Waals surface area contributed by atoms with Crippen molar-refractivity contribution in [2.24, 2.45) is 10.9 Å². The molecule has 0 spiro atoms. The first-order valence-corrected chi connectivity index (χ1v) is 9.23. The molecule has 2 rings (SSSR count). The van der Waals surface area contributed by atoms with E-state index in [1.165, 1.54) is 0 Å². The summed E-state index contributed by atoms with van der Waals surface area (Å²) in [5, 5.41) is 3.41. The average Bonchev–Trinajstić information content (AvgIpc) is 2.64. The third-order valence-electron chi connectivity index (χ3n) is 4.42. The van der Waals surface area contributed by atoms with Crippen molar-refractivity contribution >= 4 is 5.96 Å². The largest absolute Gasteiger partial charge is 0.435 e. The summed E-state index contributed by atoms with van der Waals surface area (Å²) >= 11 is 0. The van der Waals surface area contributed by atoms with Crippen LogP contribution >= 0.6 is 0 Å². The molecule has 6 nitrogen and oxygen atoms in total. The zero-order valence-corrected chi connectivity index (χ0v) is 16.3. The normalized spacial score (nSPS) is 17.0. The molecule has 1 N–H and O–H groups in total. The average molecular weight is 384 g/mol. The molecule has 1 aliphatic heterocycles. The van der Waals surface area contributed by atoms with Gasteiger partial charge in [0, 0.05) is 46.8 Å². The van der Waals surface area contributed by atoms with E-state index in [1.54, 1.807) is 31.3 Å². The van der Waals surface area contributed by atoms with Crippen LogP contribution in [-0.2, 0) is 11.3 Å².